The van der Waals surface area contributed by atoms with Crippen LogP contribution in [0.2, 0.25) is 5.02 Å². The molecule has 18 heavy (non-hydrogen) atoms. The molecule has 0 aromatic heterocycles. The first-order valence-corrected chi connectivity index (χ1v) is 7.45. The van der Waals surface area contributed by atoms with E-state index in [0.29, 0.717) is 0 Å². The lowest BCUT2D eigenvalue weighted by molar-refractivity contribution is 0.515. The lowest BCUT2D eigenvalue weighted by Gasteiger charge is -2.16. The quantitative estimate of drug-likeness (QED) is 0.514. The second kappa shape index (κ2) is 7.06. The summed E-state index contributed by atoms with van der Waals surface area (Å²) in [5.74, 6) is 0.752. The molecule has 1 aliphatic rings. The molecule has 1 aromatic rings. The molecule has 0 saturated heterocycles. The van der Waals surface area contributed by atoms with Gasteiger partial charge >= 0.3 is 0 Å². The van der Waals surface area contributed by atoms with Crippen molar-refractivity contribution in [2.75, 3.05) is 0 Å². The minimum atomic E-state index is 0.752. The molecule has 1 atom stereocenters. The van der Waals surface area contributed by atoms with Gasteiger partial charge in [-0.15, -0.1) is 0 Å². The van der Waals surface area contributed by atoms with E-state index in [1.54, 1.807) is 0 Å². The zero-order valence-corrected chi connectivity index (χ0v) is 12.1. The highest BCUT2D eigenvalue weighted by Gasteiger charge is 2.09. The van der Waals surface area contributed by atoms with Crippen LogP contribution in [0.1, 0.15) is 37.7 Å². The summed E-state index contributed by atoms with van der Waals surface area (Å²) in [6.45, 7) is 0. The second-order valence-corrected chi connectivity index (χ2v) is 6.01. The Morgan fingerprint density at radius 1 is 1.28 bits per heavy atom. The Labute approximate surface area is 120 Å². The summed E-state index contributed by atoms with van der Waals surface area (Å²) in [7, 11) is 0. The largest absolute Gasteiger partial charge is 0.0893 e. The Kier molecular flexibility index (Phi) is 5.40. The lowest BCUT2D eigenvalue weighted by atomic mass is 9.91. The molecule has 0 N–H and O–H groups in total. The topological polar surface area (TPSA) is 0 Å². The Morgan fingerprint density at radius 2 is 2.06 bits per heavy atom. The van der Waals surface area contributed by atoms with Crippen LogP contribution in [-0.2, 0) is 6.42 Å². The van der Waals surface area contributed by atoms with Gasteiger partial charge < -0.3 is 0 Å². The van der Waals surface area contributed by atoms with Crippen LogP contribution in [0.3, 0.4) is 0 Å². The molecule has 0 amide bonds. The highest BCUT2D eigenvalue weighted by atomic mass is 35.5. The summed E-state index contributed by atoms with van der Waals surface area (Å²) < 4.78 is 0. The predicted octanol–water partition coefficient (Wildman–Crippen LogP) is 5.39. The van der Waals surface area contributed by atoms with E-state index in [1.807, 2.05) is 12.1 Å². The van der Waals surface area contributed by atoms with Gasteiger partial charge in [0.2, 0.25) is 0 Å². The Morgan fingerprint density at radius 3 is 2.72 bits per heavy atom. The maximum atomic E-state index is 5.87. The van der Waals surface area contributed by atoms with Crippen molar-refractivity contribution in [3.63, 3.8) is 0 Å². The van der Waals surface area contributed by atoms with Crippen LogP contribution in [0, 0.1) is 5.92 Å². The first kappa shape index (κ1) is 13.8. The molecule has 1 aliphatic carbocycles. The maximum absolute atomic E-state index is 5.87. The van der Waals surface area contributed by atoms with Gasteiger partial charge in [-0.2, -0.15) is 0 Å². The lowest BCUT2D eigenvalue weighted by Crippen LogP contribution is -2.06. The molecule has 0 fully saturated rings. The fraction of sp³-hybridized carbons (Fsp3) is 0.438. The number of halogens is 1. The molecular formula is C16H19ClS. The number of hydrogen-bond acceptors (Lipinski definition) is 1. The first-order chi connectivity index (χ1) is 8.74. The van der Waals surface area contributed by atoms with Crippen molar-refractivity contribution in [2.45, 2.75) is 38.5 Å². The molecule has 0 saturated carbocycles. The van der Waals surface area contributed by atoms with E-state index in [9.17, 15) is 0 Å². The minimum absolute atomic E-state index is 0.752. The molecule has 2 rings (SSSR count). The van der Waals surface area contributed by atoms with Gasteiger partial charge in [0.1, 0.15) is 0 Å². The first-order valence-electron chi connectivity index (χ1n) is 6.67. The van der Waals surface area contributed by atoms with Crippen LogP contribution in [0.15, 0.2) is 36.4 Å². The van der Waals surface area contributed by atoms with Crippen molar-refractivity contribution in [1.29, 1.82) is 0 Å². The van der Waals surface area contributed by atoms with Gasteiger partial charge in [0.15, 0.2) is 0 Å². The van der Waals surface area contributed by atoms with E-state index in [0.717, 1.165) is 28.6 Å². The van der Waals surface area contributed by atoms with Gasteiger partial charge in [-0.1, -0.05) is 48.1 Å². The summed E-state index contributed by atoms with van der Waals surface area (Å²) in [4.78, 5) is 1.16. The standard InChI is InChI=1S/C16H19ClS/c17-15-9-6-14(7-10-15)12-16(18)11-8-13-4-2-1-3-5-13/h2,4,6-7,9-10,13H,1,3,5,8,11-12H2. The molecule has 0 bridgehead atoms. The maximum Gasteiger partial charge on any atom is 0.0406 e. The molecule has 0 nitrogen and oxygen atoms in total. The van der Waals surface area contributed by atoms with Gasteiger partial charge in [-0.05, 0) is 60.6 Å². The van der Waals surface area contributed by atoms with Crippen LogP contribution in [0.5, 0.6) is 0 Å². The minimum Gasteiger partial charge on any atom is -0.0893 e. The molecule has 0 aliphatic heterocycles. The Hall–Kier alpha value is -0.660. The van der Waals surface area contributed by atoms with E-state index in [2.05, 4.69) is 24.3 Å². The summed E-state index contributed by atoms with van der Waals surface area (Å²) in [5, 5.41) is 0.789. The Bertz CT molecular complexity index is 419. The zero-order valence-electron chi connectivity index (χ0n) is 10.6. The van der Waals surface area contributed by atoms with Gasteiger partial charge in [-0.3, -0.25) is 0 Å². The summed E-state index contributed by atoms with van der Waals surface area (Å²) >= 11 is 11.4. The van der Waals surface area contributed by atoms with Crippen LogP contribution >= 0.6 is 23.8 Å². The third-order valence-corrected chi connectivity index (χ3v) is 4.06. The SMILES string of the molecule is S=C(CCC1C=CCCC1)Cc1ccc(Cl)cc1. The van der Waals surface area contributed by atoms with Gasteiger partial charge in [-0.25, -0.2) is 0 Å². The number of benzene rings is 1. The molecule has 0 spiro atoms. The van der Waals surface area contributed by atoms with Gasteiger partial charge in [0.05, 0.1) is 0 Å². The molecule has 1 aromatic carbocycles. The van der Waals surface area contributed by atoms with E-state index in [4.69, 9.17) is 23.8 Å². The average molecular weight is 279 g/mol. The second-order valence-electron chi connectivity index (χ2n) is 5.00. The fourth-order valence-electron chi connectivity index (χ4n) is 2.39. The highest BCUT2D eigenvalue weighted by Crippen LogP contribution is 2.22. The number of thiocarbonyl (C=S) groups is 1. The van der Waals surface area contributed by atoms with Crippen molar-refractivity contribution in [3.8, 4) is 0 Å². The predicted molar refractivity (Wildman–Crippen MR) is 83.5 cm³/mol. The van der Waals surface area contributed by atoms with Crippen molar-refractivity contribution < 1.29 is 0 Å². The molecule has 1 unspecified atom stereocenters. The molecule has 96 valence electrons. The molecule has 2 heteroatoms. The van der Waals surface area contributed by atoms with Crippen molar-refractivity contribution in [1.82, 2.24) is 0 Å². The highest BCUT2D eigenvalue weighted by molar-refractivity contribution is 7.80. The summed E-state index contributed by atoms with van der Waals surface area (Å²) in [6, 6.07) is 8.00. The smallest absolute Gasteiger partial charge is 0.0406 e. The van der Waals surface area contributed by atoms with E-state index >= 15 is 0 Å². The number of hydrogen-bond donors (Lipinski definition) is 0. The number of rotatable bonds is 5. The summed E-state index contributed by atoms with van der Waals surface area (Å²) in [5.41, 5.74) is 1.27. The van der Waals surface area contributed by atoms with E-state index in [-0.39, 0.29) is 0 Å². The van der Waals surface area contributed by atoms with Crippen LogP contribution in [0.25, 0.3) is 0 Å². The van der Waals surface area contributed by atoms with Gasteiger partial charge in [0, 0.05) is 11.4 Å². The molecule has 0 radical (unpaired) electrons. The van der Waals surface area contributed by atoms with Crippen LogP contribution < -0.4 is 0 Å². The van der Waals surface area contributed by atoms with Crippen LogP contribution in [-0.4, -0.2) is 4.86 Å². The monoisotopic (exact) mass is 278 g/mol. The normalized spacial score (nSPS) is 18.8. The number of allylic oxidation sites excluding steroid dienone is 2. The van der Waals surface area contributed by atoms with Crippen LogP contribution in [0.4, 0.5) is 0 Å². The fourth-order valence-corrected chi connectivity index (χ4v) is 2.80. The third-order valence-electron chi connectivity index (χ3n) is 3.46. The van der Waals surface area contributed by atoms with Crippen molar-refractivity contribution in [3.05, 3.63) is 47.0 Å². The average Bonchev–Trinajstić information content (AvgIpc) is 2.40. The molecular weight excluding hydrogens is 260 g/mol. The third kappa shape index (κ3) is 4.55. The molecule has 0 heterocycles. The summed E-state index contributed by atoms with van der Waals surface area (Å²) in [6.07, 6.45) is 11.8. The van der Waals surface area contributed by atoms with Gasteiger partial charge in [0.25, 0.3) is 0 Å². The van der Waals surface area contributed by atoms with E-state index < -0.39 is 0 Å². The van der Waals surface area contributed by atoms with Crippen molar-refractivity contribution in [2.24, 2.45) is 5.92 Å². The van der Waals surface area contributed by atoms with E-state index in [1.165, 1.54) is 31.2 Å². The van der Waals surface area contributed by atoms with Crippen molar-refractivity contribution >= 4 is 28.7 Å². The zero-order chi connectivity index (χ0) is 12.8. The Balaban J connectivity index is 1.76.